The third-order valence-corrected chi connectivity index (χ3v) is 2.34. The summed E-state index contributed by atoms with van der Waals surface area (Å²) in [6.07, 6.45) is 16.1. The molecule has 86 valence electrons. The molecule has 0 unspecified atom stereocenters. The van der Waals surface area contributed by atoms with E-state index in [0.717, 1.165) is 0 Å². The van der Waals surface area contributed by atoms with Crippen LogP contribution < -0.4 is 0 Å². The molecule has 0 heterocycles. The standard InChI is InChI=1S/C16H22/c1-6-10-15(11-7-2)14(5)16(12-8-3)13-9-4/h6-14H,1,3H2,2,4-5H3/b11-7-,13-9-,15-10+,16-12+. The maximum atomic E-state index is 3.75. The van der Waals surface area contributed by atoms with Gasteiger partial charge in [0.05, 0.1) is 0 Å². The number of hydrogen-bond acceptors (Lipinski definition) is 0. The summed E-state index contributed by atoms with van der Waals surface area (Å²) in [7, 11) is 0. The average molecular weight is 214 g/mol. The third-order valence-electron chi connectivity index (χ3n) is 2.34. The molecule has 0 fully saturated rings. The van der Waals surface area contributed by atoms with Crippen molar-refractivity contribution in [3.05, 3.63) is 72.9 Å². The van der Waals surface area contributed by atoms with Crippen LogP contribution in [-0.4, -0.2) is 0 Å². The fourth-order valence-electron chi connectivity index (χ4n) is 1.54. The van der Waals surface area contributed by atoms with Gasteiger partial charge in [0.25, 0.3) is 0 Å². The first-order valence-electron chi connectivity index (χ1n) is 5.61. The first-order valence-corrected chi connectivity index (χ1v) is 5.61. The molecule has 0 aromatic heterocycles. The molecule has 0 aliphatic carbocycles. The molecule has 0 N–H and O–H groups in total. The third kappa shape index (κ3) is 4.79. The summed E-state index contributed by atoms with van der Waals surface area (Å²) in [6, 6.07) is 0. The van der Waals surface area contributed by atoms with Crippen molar-refractivity contribution in [1.82, 2.24) is 0 Å². The van der Waals surface area contributed by atoms with Crippen molar-refractivity contribution < 1.29 is 0 Å². The minimum atomic E-state index is 0.350. The average Bonchev–Trinajstić information content (AvgIpc) is 2.27. The summed E-state index contributed by atoms with van der Waals surface area (Å²) in [4.78, 5) is 0. The quantitative estimate of drug-likeness (QED) is 0.546. The SMILES string of the molecule is C=C/C=C(\C=C/C)C(C)C(/C=C\C)=C/C=C. The van der Waals surface area contributed by atoms with E-state index in [9.17, 15) is 0 Å². The molecule has 16 heavy (non-hydrogen) atoms. The molecule has 0 rings (SSSR count). The van der Waals surface area contributed by atoms with Gasteiger partial charge in [-0.25, -0.2) is 0 Å². The van der Waals surface area contributed by atoms with Crippen molar-refractivity contribution in [3.63, 3.8) is 0 Å². The van der Waals surface area contributed by atoms with Crippen LogP contribution in [0, 0.1) is 5.92 Å². The Labute approximate surface area is 100 Å². The number of rotatable bonds is 6. The summed E-state index contributed by atoms with van der Waals surface area (Å²) < 4.78 is 0. The van der Waals surface area contributed by atoms with Crippen LogP contribution in [0.1, 0.15) is 20.8 Å². The molecule has 0 aliphatic rings. The first kappa shape index (κ1) is 14.4. The van der Waals surface area contributed by atoms with E-state index in [0.29, 0.717) is 5.92 Å². The topological polar surface area (TPSA) is 0 Å². The number of hydrogen-bond donors (Lipinski definition) is 0. The molecule has 0 aliphatic heterocycles. The smallest absolute Gasteiger partial charge is 0.00607 e. The van der Waals surface area contributed by atoms with Crippen LogP contribution in [0.15, 0.2) is 72.9 Å². The van der Waals surface area contributed by atoms with Gasteiger partial charge in [0, 0.05) is 5.92 Å². The van der Waals surface area contributed by atoms with Crippen molar-refractivity contribution >= 4 is 0 Å². The van der Waals surface area contributed by atoms with Crippen LogP contribution in [0.2, 0.25) is 0 Å². The van der Waals surface area contributed by atoms with E-state index < -0.39 is 0 Å². The lowest BCUT2D eigenvalue weighted by molar-refractivity contribution is 0.847. The molecule has 0 nitrogen and oxygen atoms in total. The van der Waals surface area contributed by atoms with Gasteiger partial charge in [-0.15, -0.1) is 0 Å². The molecule has 0 aromatic carbocycles. The Kier molecular flexibility index (Phi) is 7.87. The monoisotopic (exact) mass is 214 g/mol. The Morgan fingerprint density at radius 2 is 1.25 bits per heavy atom. The van der Waals surface area contributed by atoms with E-state index >= 15 is 0 Å². The highest BCUT2D eigenvalue weighted by Crippen LogP contribution is 2.22. The fraction of sp³-hybridized carbons (Fsp3) is 0.250. The van der Waals surface area contributed by atoms with Crippen molar-refractivity contribution in [2.75, 3.05) is 0 Å². The van der Waals surface area contributed by atoms with E-state index in [2.05, 4.69) is 32.2 Å². The summed E-state index contributed by atoms with van der Waals surface area (Å²) in [6.45, 7) is 13.7. The van der Waals surface area contributed by atoms with Gasteiger partial charge in [-0.2, -0.15) is 0 Å². The largest absolute Gasteiger partial charge is 0.0991 e. The second kappa shape index (κ2) is 8.72. The highest BCUT2D eigenvalue weighted by Gasteiger charge is 2.08. The molecule has 0 saturated heterocycles. The van der Waals surface area contributed by atoms with E-state index in [4.69, 9.17) is 0 Å². The van der Waals surface area contributed by atoms with E-state index in [-0.39, 0.29) is 0 Å². The second-order valence-corrected chi connectivity index (χ2v) is 3.53. The van der Waals surface area contributed by atoms with Gasteiger partial charge in [-0.05, 0) is 25.0 Å². The highest BCUT2D eigenvalue weighted by atomic mass is 14.1. The zero-order chi connectivity index (χ0) is 12.4. The summed E-state index contributed by atoms with van der Waals surface area (Å²) in [5.41, 5.74) is 2.51. The van der Waals surface area contributed by atoms with Gasteiger partial charge >= 0.3 is 0 Å². The van der Waals surface area contributed by atoms with Gasteiger partial charge in [0.2, 0.25) is 0 Å². The predicted octanol–water partition coefficient (Wildman–Crippen LogP) is 5.00. The Bertz CT molecular complexity index is 301. The second-order valence-electron chi connectivity index (χ2n) is 3.53. The number of allylic oxidation sites excluding steroid dienone is 10. The lowest BCUT2D eigenvalue weighted by atomic mass is 9.91. The molecule has 0 bridgehead atoms. The normalized spacial score (nSPS) is 15.7. The first-order chi connectivity index (χ1) is 7.71. The maximum Gasteiger partial charge on any atom is 0.00607 e. The van der Waals surface area contributed by atoms with E-state index in [1.165, 1.54) is 11.1 Å². The van der Waals surface area contributed by atoms with Gasteiger partial charge in [0.15, 0.2) is 0 Å². The van der Waals surface area contributed by atoms with Crippen LogP contribution in [0.4, 0.5) is 0 Å². The van der Waals surface area contributed by atoms with Crippen LogP contribution in [0.3, 0.4) is 0 Å². The Morgan fingerprint density at radius 1 is 0.875 bits per heavy atom. The minimum absolute atomic E-state index is 0.350. The molecule has 0 heteroatoms. The maximum absolute atomic E-state index is 3.75. The zero-order valence-corrected chi connectivity index (χ0v) is 10.6. The summed E-state index contributed by atoms with van der Waals surface area (Å²) in [5, 5.41) is 0. The Morgan fingerprint density at radius 3 is 1.50 bits per heavy atom. The molecule has 0 aromatic rings. The van der Waals surface area contributed by atoms with Gasteiger partial charge in [-0.1, -0.05) is 68.7 Å². The van der Waals surface area contributed by atoms with Crippen LogP contribution in [0.5, 0.6) is 0 Å². The van der Waals surface area contributed by atoms with Crippen LogP contribution in [-0.2, 0) is 0 Å². The summed E-state index contributed by atoms with van der Waals surface area (Å²) >= 11 is 0. The molecule has 0 radical (unpaired) electrons. The lowest BCUT2D eigenvalue weighted by Crippen LogP contribution is -2.00. The van der Waals surface area contributed by atoms with Crippen LogP contribution in [0.25, 0.3) is 0 Å². The molecule has 0 atom stereocenters. The van der Waals surface area contributed by atoms with Gasteiger partial charge in [0.1, 0.15) is 0 Å². The van der Waals surface area contributed by atoms with Gasteiger partial charge in [-0.3, -0.25) is 0 Å². The van der Waals surface area contributed by atoms with Crippen molar-refractivity contribution in [3.8, 4) is 0 Å². The van der Waals surface area contributed by atoms with Crippen molar-refractivity contribution in [2.45, 2.75) is 20.8 Å². The molecule has 0 saturated carbocycles. The van der Waals surface area contributed by atoms with Crippen LogP contribution >= 0.6 is 0 Å². The summed E-state index contributed by atoms with van der Waals surface area (Å²) in [5.74, 6) is 0.350. The Balaban J connectivity index is 5.17. The molecular weight excluding hydrogens is 192 g/mol. The molecular formula is C16H22. The molecule has 0 spiro atoms. The van der Waals surface area contributed by atoms with E-state index in [1.807, 2.05) is 50.3 Å². The zero-order valence-electron chi connectivity index (χ0n) is 10.6. The van der Waals surface area contributed by atoms with Crippen molar-refractivity contribution in [2.24, 2.45) is 5.92 Å². The van der Waals surface area contributed by atoms with Crippen molar-refractivity contribution in [1.29, 1.82) is 0 Å². The highest BCUT2D eigenvalue weighted by molar-refractivity contribution is 5.37. The Hall–Kier alpha value is -1.56. The van der Waals surface area contributed by atoms with E-state index in [1.54, 1.807) is 0 Å². The molecule has 0 amide bonds. The lowest BCUT2D eigenvalue weighted by Gasteiger charge is -2.14. The van der Waals surface area contributed by atoms with Gasteiger partial charge < -0.3 is 0 Å². The minimum Gasteiger partial charge on any atom is -0.0991 e. The predicted molar refractivity (Wildman–Crippen MR) is 75.4 cm³/mol. The fourth-order valence-corrected chi connectivity index (χ4v) is 1.54.